The molecule has 0 aliphatic carbocycles. The van der Waals surface area contributed by atoms with Crippen molar-refractivity contribution in [3.05, 3.63) is 34.9 Å². The molecule has 0 amide bonds. The number of benzene rings is 1. The Kier molecular flexibility index (Phi) is 2.46. The molecule has 0 radical (unpaired) electrons. The molecule has 0 saturated heterocycles. The Balaban J connectivity index is 3.27. The van der Waals surface area contributed by atoms with Gasteiger partial charge < -0.3 is 0 Å². The Morgan fingerprint density at radius 1 is 1.08 bits per heavy atom. The van der Waals surface area contributed by atoms with Crippen LogP contribution in [-0.2, 0) is 0 Å². The van der Waals surface area contributed by atoms with Crippen LogP contribution in [0.15, 0.2) is 12.1 Å². The second kappa shape index (κ2) is 3.21. The Morgan fingerprint density at radius 3 is 2.17 bits per heavy atom. The van der Waals surface area contributed by atoms with Gasteiger partial charge in [0.15, 0.2) is 11.6 Å². The van der Waals surface area contributed by atoms with Crippen LogP contribution in [0.5, 0.6) is 0 Å². The second-order valence-corrected chi connectivity index (χ2v) is 3.25. The van der Waals surface area contributed by atoms with Crippen LogP contribution in [0.4, 0.5) is 8.78 Å². The van der Waals surface area contributed by atoms with Gasteiger partial charge in [-0.2, -0.15) is 0 Å². The van der Waals surface area contributed by atoms with Crippen molar-refractivity contribution in [1.29, 1.82) is 0 Å². The number of hydrogen-bond donors (Lipinski definition) is 0. The molecule has 0 aromatic heterocycles. The van der Waals surface area contributed by atoms with Crippen molar-refractivity contribution < 1.29 is 8.78 Å². The van der Waals surface area contributed by atoms with Gasteiger partial charge in [0.1, 0.15) is 0 Å². The molecule has 2 heteroatoms. The van der Waals surface area contributed by atoms with Gasteiger partial charge in [0.25, 0.3) is 0 Å². The van der Waals surface area contributed by atoms with Crippen molar-refractivity contribution in [2.75, 3.05) is 0 Å². The van der Waals surface area contributed by atoms with Crippen molar-refractivity contribution in [2.45, 2.75) is 26.7 Å². The molecule has 0 bridgehead atoms. The van der Waals surface area contributed by atoms with Crippen molar-refractivity contribution in [3.8, 4) is 0 Å². The summed E-state index contributed by atoms with van der Waals surface area (Å²) in [6.45, 7) is 5.24. The summed E-state index contributed by atoms with van der Waals surface area (Å²) >= 11 is 0. The smallest absolute Gasteiger partial charge is 0.162 e. The molecule has 1 aromatic carbocycles. The third-order valence-electron chi connectivity index (χ3n) is 1.93. The van der Waals surface area contributed by atoms with E-state index in [-0.39, 0.29) is 5.92 Å². The van der Waals surface area contributed by atoms with Crippen LogP contribution in [-0.4, -0.2) is 0 Å². The quantitative estimate of drug-likeness (QED) is 0.606. The SMILES string of the molecule is Cc1ccc(C(C)C)c(F)c1F. The molecule has 0 fully saturated rings. The molecule has 0 spiro atoms. The summed E-state index contributed by atoms with van der Waals surface area (Å²) in [6.07, 6.45) is 0. The minimum atomic E-state index is -0.721. The van der Waals surface area contributed by atoms with Gasteiger partial charge in [0, 0.05) is 0 Å². The average Bonchev–Trinajstić information content (AvgIpc) is 2.00. The molecule has 0 aliphatic rings. The lowest BCUT2D eigenvalue weighted by Crippen LogP contribution is -1.98. The van der Waals surface area contributed by atoms with E-state index in [0.29, 0.717) is 11.1 Å². The second-order valence-electron chi connectivity index (χ2n) is 3.25. The summed E-state index contributed by atoms with van der Waals surface area (Å²) in [5.41, 5.74) is 0.801. The van der Waals surface area contributed by atoms with E-state index in [0.717, 1.165) is 0 Å². The lowest BCUT2D eigenvalue weighted by atomic mass is 10.0. The lowest BCUT2D eigenvalue weighted by Gasteiger charge is -2.08. The van der Waals surface area contributed by atoms with E-state index >= 15 is 0 Å². The monoisotopic (exact) mass is 170 g/mol. The van der Waals surface area contributed by atoms with E-state index < -0.39 is 11.6 Å². The molecule has 0 saturated carbocycles. The standard InChI is InChI=1S/C10H12F2/c1-6(2)8-5-4-7(3)9(11)10(8)12/h4-6H,1-3H3. The first-order chi connectivity index (χ1) is 5.54. The molecular weight excluding hydrogens is 158 g/mol. The number of hydrogen-bond acceptors (Lipinski definition) is 0. The molecule has 12 heavy (non-hydrogen) atoms. The summed E-state index contributed by atoms with van der Waals surface area (Å²) in [6, 6.07) is 3.24. The van der Waals surface area contributed by atoms with E-state index in [1.165, 1.54) is 0 Å². The summed E-state index contributed by atoms with van der Waals surface area (Å²) in [4.78, 5) is 0. The van der Waals surface area contributed by atoms with Crippen molar-refractivity contribution >= 4 is 0 Å². The first-order valence-electron chi connectivity index (χ1n) is 3.98. The van der Waals surface area contributed by atoms with Crippen LogP contribution in [0.25, 0.3) is 0 Å². The zero-order valence-electron chi connectivity index (χ0n) is 7.49. The van der Waals surface area contributed by atoms with Gasteiger partial charge in [-0.3, -0.25) is 0 Å². The first kappa shape index (κ1) is 9.17. The van der Waals surface area contributed by atoms with E-state index in [9.17, 15) is 8.78 Å². The molecule has 66 valence electrons. The molecule has 0 atom stereocenters. The highest BCUT2D eigenvalue weighted by Gasteiger charge is 2.12. The number of aryl methyl sites for hydroxylation is 1. The summed E-state index contributed by atoms with van der Waals surface area (Å²) in [7, 11) is 0. The Morgan fingerprint density at radius 2 is 1.67 bits per heavy atom. The highest BCUT2D eigenvalue weighted by atomic mass is 19.2. The fraction of sp³-hybridized carbons (Fsp3) is 0.400. The average molecular weight is 170 g/mol. The van der Waals surface area contributed by atoms with Gasteiger partial charge in [-0.25, -0.2) is 8.78 Å². The predicted octanol–water partition coefficient (Wildman–Crippen LogP) is 3.40. The van der Waals surface area contributed by atoms with E-state index in [2.05, 4.69) is 0 Å². The fourth-order valence-electron chi connectivity index (χ4n) is 1.11. The molecule has 1 aromatic rings. The number of rotatable bonds is 1. The van der Waals surface area contributed by atoms with Crippen LogP contribution in [0.3, 0.4) is 0 Å². The van der Waals surface area contributed by atoms with E-state index in [1.807, 2.05) is 13.8 Å². The minimum Gasteiger partial charge on any atom is -0.203 e. The fourth-order valence-corrected chi connectivity index (χ4v) is 1.11. The van der Waals surface area contributed by atoms with Crippen LogP contribution in [0.2, 0.25) is 0 Å². The Labute approximate surface area is 71.2 Å². The third kappa shape index (κ3) is 1.47. The maximum absolute atomic E-state index is 13.1. The maximum Gasteiger partial charge on any atom is 0.162 e. The summed E-state index contributed by atoms with van der Waals surface area (Å²) < 4.78 is 26.1. The van der Waals surface area contributed by atoms with Gasteiger partial charge in [0.05, 0.1) is 0 Å². The molecule has 1 rings (SSSR count). The zero-order chi connectivity index (χ0) is 9.30. The summed E-state index contributed by atoms with van der Waals surface area (Å²) in [5.74, 6) is -1.40. The highest BCUT2D eigenvalue weighted by molar-refractivity contribution is 5.27. The summed E-state index contributed by atoms with van der Waals surface area (Å²) in [5, 5.41) is 0. The third-order valence-corrected chi connectivity index (χ3v) is 1.93. The largest absolute Gasteiger partial charge is 0.203 e. The first-order valence-corrected chi connectivity index (χ1v) is 3.98. The van der Waals surface area contributed by atoms with Crippen LogP contribution in [0, 0.1) is 18.6 Å². The van der Waals surface area contributed by atoms with Gasteiger partial charge in [-0.05, 0) is 24.0 Å². The lowest BCUT2D eigenvalue weighted by molar-refractivity contribution is 0.489. The predicted molar refractivity (Wildman–Crippen MR) is 45.2 cm³/mol. The molecule has 0 unspecified atom stereocenters. The molecule has 0 heterocycles. The molecule has 0 aliphatic heterocycles. The Bertz CT molecular complexity index is 290. The molecule has 0 nitrogen and oxygen atoms in total. The van der Waals surface area contributed by atoms with Crippen LogP contribution < -0.4 is 0 Å². The highest BCUT2D eigenvalue weighted by Crippen LogP contribution is 2.22. The Hall–Kier alpha value is -0.920. The van der Waals surface area contributed by atoms with Crippen LogP contribution in [0.1, 0.15) is 30.9 Å². The van der Waals surface area contributed by atoms with Crippen molar-refractivity contribution in [2.24, 2.45) is 0 Å². The van der Waals surface area contributed by atoms with Crippen molar-refractivity contribution in [3.63, 3.8) is 0 Å². The van der Waals surface area contributed by atoms with Crippen LogP contribution >= 0.6 is 0 Å². The van der Waals surface area contributed by atoms with E-state index in [4.69, 9.17) is 0 Å². The zero-order valence-corrected chi connectivity index (χ0v) is 7.49. The van der Waals surface area contributed by atoms with E-state index in [1.54, 1.807) is 19.1 Å². The molecular formula is C10H12F2. The van der Waals surface area contributed by atoms with Crippen molar-refractivity contribution in [1.82, 2.24) is 0 Å². The van der Waals surface area contributed by atoms with Gasteiger partial charge in [-0.15, -0.1) is 0 Å². The topological polar surface area (TPSA) is 0 Å². The van der Waals surface area contributed by atoms with Gasteiger partial charge in [0.2, 0.25) is 0 Å². The molecule has 0 N–H and O–H groups in total. The maximum atomic E-state index is 13.1. The van der Waals surface area contributed by atoms with Gasteiger partial charge in [-0.1, -0.05) is 26.0 Å². The minimum absolute atomic E-state index is 0.0279. The number of halogens is 2. The van der Waals surface area contributed by atoms with Gasteiger partial charge >= 0.3 is 0 Å². The normalized spacial score (nSPS) is 10.8.